The second-order valence-electron chi connectivity index (χ2n) is 8.98. The van der Waals surface area contributed by atoms with E-state index in [-0.39, 0.29) is 36.0 Å². The molecule has 2 aliphatic heterocycles. The number of carbonyl (C=O) groups is 3. The zero-order valence-corrected chi connectivity index (χ0v) is 21.0. The highest BCUT2D eigenvalue weighted by molar-refractivity contribution is 5.96. The number of aromatic nitrogens is 2. The predicted octanol–water partition coefficient (Wildman–Crippen LogP) is 0.903. The van der Waals surface area contributed by atoms with Crippen LogP contribution in [0.4, 0.5) is 23.1 Å². The van der Waals surface area contributed by atoms with Crippen LogP contribution in [-0.2, 0) is 14.3 Å². The standard InChI is InChI=1S/C19H23N7O6.C5H10O/c20-19-25-15-14(17(30)26-19)23-11(8-22-15)7-21-10-3-1-9(2-4-10)16(29)24-12(18(31)32)5-6-13(27)28;1-5-3-2-4-6-5/h1-4,11-12,21,23H,5-8H2,(H,24,29)(H,27,28)(H,31,32)(H4,20,22,25,26,30);5H,2-4H2,1H3/t11-,12+;/m1./s1. The molecule has 4 rings (SSSR count). The molecule has 1 unspecified atom stereocenters. The number of carboxylic acid groups (broad SMARTS) is 2. The minimum absolute atomic E-state index is 0.0281. The molecule has 0 spiro atoms. The number of ether oxygens (including phenoxy) is 1. The Morgan fingerprint density at radius 1 is 1.24 bits per heavy atom. The summed E-state index contributed by atoms with van der Waals surface area (Å²) in [5.74, 6) is -2.64. The molecule has 1 fully saturated rings. The number of aromatic amines is 1. The Bertz CT molecular complexity index is 1180. The average molecular weight is 532 g/mol. The number of rotatable bonds is 9. The van der Waals surface area contributed by atoms with Gasteiger partial charge in [-0.2, -0.15) is 4.98 Å². The van der Waals surface area contributed by atoms with Crippen LogP contribution in [0.1, 0.15) is 43.0 Å². The van der Waals surface area contributed by atoms with Gasteiger partial charge in [-0.25, -0.2) is 4.79 Å². The molecule has 2 aromatic rings. The summed E-state index contributed by atoms with van der Waals surface area (Å²) in [4.78, 5) is 52.6. The number of hydrogen-bond acceptors (Lipinski definition) is 10. The summed E-state index contributed by atoms with van der Waals surface area (Å²) >= 11 is 0. The Balaban J connectivity index is 0.000000585. The Kier molecular flexibility index (Phi) is 9.87. The number of anilines is 4. The second kappa shape index (κ2) is 13.3. The van der Waals surface area contributed by atoms with Crippen LogP contribution in [-0.4, -0.2) is 75.9 Å². The lowest BCUT2D eigenvalue weighted by Gasteiger charge is -2.27. The van der Waals surface area contributed by atoms with Gasteiger partial charge in [0.2, 0.25) is 5.95 Å². The van der Waals surface area contributed by atoms with Gasteiger partial charge in [-0.3, -0.25) is 19.4 Å². The molecule has 1 saturated heterocycles. The molecule has 3 heterocycles. The van der Waals surface area contributed by atoms with Gasteiger partial charge in [0, 0.05) is 37.4 Å². The van der Waals surface area contributed by atoms with Crippen LogP contribution in [0.2, 0.25) is 0 Å². The summed E-state index contributed by atoms with van der Waals surface area (Å²) in [6.07, 6.45) is 2.49. The third-order valence-corrected chi connectivity index (χ3v) is 5.91. The van der Waals surface area contributed by atoms with Crippen molar-refractivity contribution in [2.75, 3.05) is 41.4 Å². The number of nitrogens with one attached hydrogen (secondary N) is 5. The largest absolute Gasteiger partial charge is 0.481 e. The maximum absolute atomic E-state index is 12.3. The average Bonchev–Trinajstić information content (AvgIpc) is 3.36. The molecule has 14 heteroatoms. The summed E-state index contributed by atoms with van der Waals surface area (Å²) in [7, 11) is 0. The molecular formula is C24H33N7O7. The van der Waals surface area contributed by atoms with Gasteiger partial charge in [0.1, 0.15) is 11.7 Å². The third kappa shape index (κ3) is 8.37. The second-order valence-corrected chi connectivity index (χ2v) is 8.98. The minimum Gasteiger partial charge on any atom is -0.481 e. The third-order valence-electron chi connectivity index (χ3n) is 5.91. The molecule has 0 saturated carbocycles. The van der Waals surface area contributed by atoms with Crippen molar-refractivity contribution in [1.29, 1.82) is 0 Å². The normalized spacial score (nSPS) is 18.4. The Morgan fingerprint density at radius 3 is 2.55 bits per heavy atom. The molecule has 1 amide bonds. The highest BCUT2D eigenvalue weighted by Gasteiger charge is 2.23. The van der Waals surface area contributed by atoms with E-state index in [1.807, 2.05) is 0 Å². The smallest absolute Gasteiger partial charge is 0.326 e. The van der Waals surface area contributed by atoms with E-state index in [1.54, 1.807) is 12.1 Å². The van der Waals surface area contributed by atoms with Gasteiger partial charge in [-0.15, -0.1) is 0 Å². The van der Waals surface area contributed by atoms with Crippen LogP contribution in [0.25, 0.3) is 0 Å². The predicted molar refractivity (Wildman–Crippen MR) is 141 cm³/mol. The van der Waals surface area contributed by atoms with Crippen LogP contribution in [0.5, 0.6) is 0 Å². The summed E-state index contributed by atoms with van der Waals surface area (Å²) in [5, 5.41) is 29.5. The zero-order chi connectivity index (χ0) is 27.7. The Labute approximate surface area is 218 Å². The van der Waals surface area contributed by atoms with Gasteiger partial charge < -0.3 is 42.0 Å². The van der Waals surface area contributed by atoms with Crippen molar-refractivity contribution in [1.82, 2.24) is 15.3 Å². The van der Waals surface area contributed by atoms with Crippen molar-refractivity contribution < 1.29 is 29.3 Å². The van der Waals surface area contributed by atoms with Crippen molar-refractivity contribution in [3.8, 4) is 0 Å². The Hall–Kier alpha value is -4.33. The van der Waals surface area contributed by atoms with Crippen LogP contribution in [0, 0.1) is 0 Å². The van der Waals surface area contributed by atoms with Crippen molar-refractivity contribution in [2.45, 2.75) is 50.8 Å². The lowest BCUT2D eigenvalue weighted by atomic mass is 10.1. The molecule has 9 N–H and O–H groups in total. The fraction of sp³-hybridized carbons (Fsp3) is 0.458. The lowest BCUT2D eigenvalue weighted by Crippen LogP contribution is -2.41. The van der Waals surface area contributed by atoms with Crippen LogP contribution < -0.4 is 32.6 Å². The number of fused-ring (bicyclic) bond motifs is 1. The number of carboxylic acids is 2. The van der Waals surface area contributed by atoms with Crippen molar-refractivity contribution in [3.63, 3.8) is 0 Å². The van der Waals surface area contributed by atoms with Crippen LogP contribution in [0.3, 0.4) is 0 Å². The van der Waals surface area contributed by atoms with Crippen LogP contribution >= 0.6 is 0 Å². The molecule has 38 heavy (non-hydrogen) atoms. The molecule has 1 aromatic carbocycles. The van der Waals surface area contributed by atoms with Gasteiger partial charge in [0.05, 0.1) is 12.1 Å². The monoisotopic (exact) mass is 531 g/mol. The molecule has 0 aliphatic carbocycles. The van der Waals surface area contributed by atoms with E-state index < -0.39 is 23.9 Å². The van der Waals surface area contributed by atoms with Crippen molar-refractivity contribution in [2.24, 2.45) is 0 Å². The van der Waals surface area contributed by atoms with Gasteiger partial charge in [0.25, 0.3) is 11.5 Å². The topological polar surface area (TPSA) is 221 Å². The fourth-order valence-corrected chi connectivity index (χ4v) is 3.84. The summed E-state index contributed by atoms with van der Waals surface area (Å²) in [5.41, 5.74) is 6.40. The summed E-state index contributed by atoms with van der Waals surface area (Å²) < 4.78 is 5.15. The minimum atomic E-state index is -1.30. The number of carbonyl (C=O) groups excluding carboxylic acids is 1. The fourth-order valence-electron chi connectivity index (χ4n) is 3.84. The number of nitrogen functional groups attached to an aromatic ring is 1. The molecule has 0 radical (unpaired) electrons. The number of nitrogens with zero attached hydrogens (tertiary/aromatic N) is 1. The number of benzene rings is 1. The van der Waals surface area contributed by atoms with Gasteiger partial charge in [0.15, 0.2) is 5.82 Å². The highest BCUT2D eigenvalue weighted by atomic mass is 16.5. The highest BCUT2D eigenvalue weighted by Crippen LogP contribution is 2.20. The first-order chi connectivity index (χ1) is 18.1. The molecule has 206 valence electrons. The molecule has 14 nitrogen and oxygen atoms in total. The van der Waals surface area contributed by atoms with E-state index in [0.717, 1.165) is 6.61 Å². The number of H-pyrrole nitrogens is 1. The lowest BCUT2D eigenvalue weighted by molar-refractivity contribution is -0.140. The number of hydrogen-bond donors (Lipinski definition) is 8. The van der Waals surface area contributed by atoms with Gasteiger partial charge in [-0.05, 0) is 50.5 Å². The molecule has 1 aromatic heterocycles. The van der Waals surface area contributed by atoms with Gasteiger partial charge in [-0.1, -0.05) is 0 Å². The van der Waals surface area contributed by atoms with Crippen molar-refractivity contribution in [3.05, 3.63) is 40.2 Å². The maximum atomic E-state index is 12.3. The van der Waals surface area contributed by atoms with Crippen LogP contribution in [0.15, 0.2) is 29.1 Å². The van der Waals surface area contributed by atoms with E-state index in [9.17, 15) is 19.2 Å². The van der Waals surface area contributed by atoms with E-state index in [2.05, 4.69) is 38.2 Å². The summed E-state index contributed by atoms with van der Waals surface area (Å²) in [6, 6.07) is 4.93. The maximum Gasteiger partial charge on any atom is 0.326 e. The quantitative estimate of drug-likeness (QED) is 0.226. The Morgan fingerprint density at radius 2 is 1.97 bits per heavy atom. The van der Waals surface area contributed by atoms with E-state index >= 15 is 0 Å². The summed E-state index contributed by atoms with van der Waals surface area (Å²) in [6.45, 7) is 4.07. The zero-order valence-electron chi connectivity index (χ0n) is 21.0. The van der Waals surface area contributed by atoms with E-state index in [0.29, 0.717) is 36.4 Å². The van der Waals surface area contributed by atoms with E-state index in [4.69, 9.17) is 20.7 Å². The van der Waals surface area contributed by atoms with E-state index in [1.165, 1.54) is 25.0 Å². The first-order valence-corrected chi connectivity index (χ1v) is 12.2. The molecular weight excluding hydrogens is 498 g/mol. The SMILES string of the molecule is CC1CCCO1.Nc1nc2c(c(=O)[nH]1)N[C@H](CNc1ccc(C(=O)N[C@@H](CCC(=O)O)C(=O)O)cc1)CN2. The molecule has 3 atom stereocenters. The number of aliphatic carboxylic acids is 2. The number of nitrogens with two attached hydrogens (primary N) is 1. The van der Waals surface area contributed by atoms with Gasteiger partial charge >= 0.3 is 11.9 Å². The number of amides is 1. The van der Waals surface area contributed by atoms with Crippen molar-refractivity contribution >= 4 is 41.0 Å². The first-order valence-electron chi connectivity index (χ1n) is 12.2. The molecule has 0 bridgehead atoms. The first kappa shape index (κ1) is 28.2. The molecule has 2 aliphatic rings.